The first-order valence-electron chi connectivity index (χ1n) is 8.40. The Kier molecular flexibility index (Phi) is 5.58. The van der Waals surface area contributed by atoms with E-state index >= 15 is 0 Å². The summed E-state index contributed by atoms with van der Waals surface area (Å²) in [5, 5.41) is 10.7. The van der Waals surface area contributed by atoms with Crippen LogP contribution in [0, 0.1) is 10.1 Å². The lowest BCUT2D eigenvalue weighted by Gasteiger charge is -2.32. The number of likely N-dealkylation sites (tertiary alicyclic amines) is 1. The maximum Gasteiger partial charge on any atom is 0.269 e. The number of hydrogen-bond acceptors (Lipinski definition) is 5. The van der Waals surface area contributed by atoms with Gasteiger partial charge in [-0.25, -0.2) is 0 Å². The number of rotatable bonds is 5. The van der Waals surface area contributed by atoms with Crippen molar-refractivity contribution >= 4 is 17.7 Å². The number of carbonyl (C=O) groups excluding carboxylic acids is 1. The second-order valence-electron chi connectivity index (χ2n) is 6.03. The molecule has 1 atom stereocenters. The van der Waals surface area contributed by atoms with Crippen LogP contribution in [-0.2, 0) is 4.79 Å². The minimum atomic E-state index is -0.449. The maximum atomic E-state index is 12.4. The number of nitrogens with zero attached hydrogens (tertiary/aromatic N) is 3. The number of nitro benzene ring substituents is 1. The molecule has 0 saturated carbocycles. The molecule has 0 N–H and O–H groups in total. The average Bonchev–Trinajstić information content (AvgIpc) is 2.67. The first-order chi connectivity index (χ1) is 12.6. The van der Waals surface area contributed by atoms with Crippen molar-refractivity contribution in [1.82, 2.24) is 9.88 Å². The van der Waals surface area contributed by atoms with Crippen LogP contribution in [0.2, 0.25) is 0 Å². The van der Waals surface area contributed by atoms with Crippen LogP contribution in [0.15, 0.2) is 54.9 Å². The van der Waals surface area contributed by atoms with Gasteiger partial charge in [-0.05, 0) is 48.7 Å². The van der Waals surface area contributed by atoms with Crippen molar-refractivity contribution in [3.8, 4) is 5.75 Å². The topological polar surface area (TPSA) is 85.6 Å². The predicted molar refractivity (Wildman–Crippen MR) is 96.6 cm³/mol. The molecule has 1 fully saturated rings. The van der Waals surface area contributed by atoms with Crippen LogP contribution in [0.3, 0.4) is 0 Å². The zero-order valence-corrected chi connectivity index (χ0v) is 14.2. The number of carbonyl (C=O) groups is 1. The van der Waals surface area contributed by atoms with E-state index in [9.17, 15) is 14.9 Å². The van der Waals surface area contributed by atoms with E-state index in [4.69, 9.17) is 4.74 Å². The Morgan fingerprint density at radius 1 is 1.23 bits per heavy atom. The molecule has 0 bridgehead atoms. The predicted octanol–water partition coefficient (Wildman–Crippen LogP) is 3.07. The van der Waals surface area contributed by atoms with Gasteiger partial charge < -0.3 is 9.64 Å². The lowest BCUT2D eigenvalue weighted by Crippen LogP contribution is -2.43. The van der Waals surface area contributed by atoms with Gasteiger partial charge in [0.1, 0.15) is 11.9 Å². The third-order valence-corrected chi connectivity index (χ3v) is 4.16. The highest BCUT2D eigenvalue weighted by Gasteiger charge is 2.23. The fraction of sp³-hybridized carbons (Fsp3) is 0.263. The maximum absolute atomic E-state index is 12.4. The van der Waals surface area contributed by atoms with Gasteiger partial charge in [0.05, 0.1) is 11.5 Å². The number of amides is 1. The fourth-order valence-electron chi connectivity index (χ4n) is 2.82. The van der Waals surface area contributed by atoms with Crippen molar-refractivity contribution in [3.63, 3.8) is 0 Å². The van der Waals surface area contributed by atoms with Crippen molar-refractivity contribution in [2.45, 2.75) is 18.9 Å². The summed E-state index contributed by atoms with van der Waals surface area (Å²) in [5.41, 5.74) is 0.770. The molecule has 1 aliphatic rings. The Bertz CT molecular complexity index is 790. The normalized spacial score (nSPS) is 17.2. The van der Waals surface area contributed by atoms with E-state index in [1.807, 2.05) is 0 Å². The molecular formula is C19H19N3O4. The third kappa shape index (κ3) is 4.66. The van der Waals surface area contributed by atoms with Crippen molar-refractivity contribution in [1.29, 1.82) is 0 Å². The van der Waals surface area contributed by atoms with Crippen LogP contribution >= 0.6 is 0 Å². The Balaban J connectivity index is 1.57. The number of aromatic nitrogens is 1. The van der Waals surface area contributed by atoms with Gasteiger partial charge in [0.2, 0.25) is 5.91 Å². The Hall–Kier alpha value is -3.22. The highest BCUT2D eigenvalue weighted by molar-refractivity contribution is 5.91. The fourth-order valence-corrected chi connectivity index (χ4v) is 2.82. The average molecular weight is 353 g/mol. The second kappa shape index (κ2) is 8.24. The minimum Gasteiger partial charge on any atom is -0.488 e. The van der Waals surface area contributed by atoms with Gasteiger partial charge in [-0.2, -0.15) is 0 Å². The lowest BCUT2D eigenvalue weighted by atomic mass is 10.1. The molecule has 1 unspecified atom stereocenters. The number of piperidine rings is 1. The highest BCUT2D eigenvalue weighted by atomic mass is 16.6. The van der Waals surface area contributed by atoms with Crippen LogP contribution in [0.25, 0.3) is 6.08 Å². The van der Waals surface area contributed by atoms with Gasteiger partial charge in [0, 0.05) is 37.1 Å². The van der Waals surface area contributed by atoms with E-state index in [2.05, 4.69) is 4.98 Å². The van der Waals surface area contributed by atoms with E-state index in [-0.39, 0.29) is 17.7 Å². The summed E-state index contributed by atoms with van der Waals surface area (Å²) in [7, 11) is 0. The number of pyridine rings is 1. The van der Waals surface area contributed by atoms with Gasteiger partial charge in [-0.15, -0.1) is 0 Å². The summed E-state index contributed by atoms with van der Waals surface area (Å²) in [6.07, 6.45) is 8.26. The monoisotopic (exact) mass is 353 g/mol. The zero-order valence-electron chi connectivity index (χ0n) is 14.2. The zero-order chi connectivity index (χ0) is 18.4. The lowest BCUT2D eigenvalue weighted by molar-refractivity contribution is -0.384. The van der Waals surface area contributed by atoms with Crippen molar-refractivity contribution in [2.75, 3.05) is 13.1 Å². The molecule has 7 nitrogen and oxygen atoms in total. The number of benzene rings is 1. The number of hydrogen-bond donors (Lipinski definition) is 0. The van der Waals surface area contributed by atoms with Crippen LogP contribution in [0.4, 0.5) is 5.69 Å². The molecule has 0 spiro atoms. The van der Waals surface area contributed by atoms with Crippen LogP contribution in [0.5, 0.6) is 5.75 Å². The largest absolute Gasteiger partial charge is 0.488 e. The molecule has 7 heteroatoms. The van der Waals surface area contributed by atoms with Gasteiger partial charge >= 0.3 is 0 Å². The SMILES string of the molecule is O=C(/C=C/c1ccc([N+](=O)[O-])cc1)N1CCCC(Oc2ccncc2)C1. The summed E-state index contributed by atoms with van der Waals surface area (Å²) >= 11 is 0. The first kappa shape index (κ1) is 17.6. The minimum absolute atomic E-state index is 0.0283. The van der Waals surface area contributed by atoms with Crippen LogP contribution in [0.1, 0.15) is 18.4 Å². The Morgan fingerprint density at radius 2 is 1.96 bits per heavy atom. The molecule has 0 aliphatic carbocycles. The molecule has 1 amide bonds. The summed E-state index contributed by atoms with van der Waals surface area (Å²) in [6.45, 7) is 1.23. The van der Waals surface area contributed by atoms with E-state index < -0.39 is 4.92 Å². The summed E-state index contributed by atoms with van der Waals surface area (Å²) in [6, 6.07) is 9.68. The molecule has 2 aromatic rings. The molecule has 1 aliphatic heterocycles. The van der Waals surface area contributed by atoms with Gasteiger partial charge in [0.25, 0.3) is 5.69 Å². The van der Waals surface area contributed by atoms with Gasteiger partial charge in [0.15, 0.2) is 0 Å². The Morgan fingerprint density at radius 3 is 2.65 bits per heavy atom. The number of non-ortho nitro benzene ring substituents is 1. The molecular weight excluding hydrogens is 334 g/mol. The van der Waals surface area contributed by atoms with E-state index in [0.29, 0.717) is 13.1 Å². The quantitative estimate of drug-likeness (QED) is 0.468. The molecule has 3 rings (SSSR count). The molecule has 0 radical (unpaired) electrons. The van der Waals surface area contributed by atoms with Gasteiger partial charge in [-0.3, -0.25) is 19.9 Å². The van der Waals surface area contributed by atoms with Crippen molar-refractivity contribution < 1.29 is 14.5 Å². The molecule has 1 aromatic heterocycles. The number of ether oxygens (including phenoxy) is 1. The molecule has 134 valence electrons. The molecule has 1 saturated heterocycles. The summed E-state index contributed by atoms with van der Waals surface area (Å²) < 4.78 is 5.91. The molecule has 2 heterocycles. The van der Waals surface area contributed by atoms with Crippen molar-refractivity contribution in [2.24, 2.45) is 0 Å². The third-order valence-electron chi connectivity index (χ3n) is 4.16. The second-order valence-corrected chi connectivity index (χ2v) is 6.03. The van der Waals surface area contributed by atoms with Crippen molar-refractivity contribution in [3.05, 3.63) is 70.5 Å². The number of nitro groups is 1. The Labute approximate surface area is 151 Å². The smallest absolute Gasteiger partial charge is 0.269 e. The van der Waals surface area contributed by atoms with Gasteiger partial charge in [-0.1, -0.05) is 0 Å². The summed E-state index contributed by atoms with van der Waals surface area (Å²) in [5.74, 6) is 0.659. The highest BCUT2D eigenvalue weighted by Crippen LogP contribution is 2.18. The van der Waals surface area contributed by atoms with Crippen LogP contribution in [-0.4, -0.2) is 39.9 Å². The summed E-state index contributed by atoms with van der Waals surface area (Å²) in [4.78, 5) is 28.3. The standard InChI is InChI=1S/C19H19N3O4/c23-19(8-5-15-3-6-16(7-4-15)22(24)25)21-13-1-2-18(14-21)26-17-9-11-20-12-10-17/h3-12,18H,1-2,13-14H2/b8-5+. The van der Waals surface area contributed by atoms with E-state index in [1.165, 1.54) is 18.2 Å². The molecule has 26 heavy (non-hydrogen) atoms. The van der Waals surface area contributed by atoms with E-state index in [0.717, 1.165) is 24.2 Å². The van der Waals surface area contributed by atoms with Crippen LogP contribution < -0.4 is 4.74 Å². The molecule has 1 aromatic carbocycles. The first-order valence-corrected chi connectivity index (χ1v) is 8.40. The van der Waals surface area contributed by atoms with E-state index in [1.54, 1.807) is 47.6 Å².